The first-order chi connectivity index (χ1) is 10.9. The molecule has 122 valence electrons. The largest absolute Gasteiger partial charge is 0.465 e. The zero-order valence-corrected chi connectivity index (χ0v) is 13.2. The van der Waals surface area contributed by atoms with Crippen molar-refractivity contribution in [3.63, 3.8) is 0 Å². The molecule has 2 unspecified atom stereocenters. The maximum atomic E-state index is 5.84. The standard InChI is InChI=1S/C18H26O4/c1-3-12-19-17(5-1)21-14-11-15-7-9-16(10-8-15)22-18-6-2-4-13-20-18/h7-10,17-18H,1-6,11-14H2. The van der Waals surface area contributed by atoms with Gasteiger partial charge in [0.05, 0.1) is 13.2 Å². The van der Waals surface area contributed by atoms with Crippen LogP contribution in [0.4, 0.5) is 0 Å². The Kier molecular flexibility index (Phi) is 6.11. The van der Waals surface area contributed by atoms with Gasteiger partial charge in [-0.05, 0) is 56.2 Å². The summed E-state index contributed by atoms with van der Waals surface area (Å²) in [7, 11) is 0. The van der Waals surface area contributed by atoms with Crippen LogP contribution in [-0.2, 0) is 20.6 Å². The van der Waals surface area contributed by atoms with Crippen LogP contribution in [0.2, 0.25) is 0 Å². The number of ether oxygens (including phenoxy) is 4. The van der Waals surface area contributed by atoms with Gasteiger partial charge in [0.2, 0.25) is 0 Å². The van der Waals surface area contributed by atoms with Gasteiger partial charge in [-0.1, -0.05) is 12.1 Å². The molecule has 1 aromatic rings. The van der Waals surface area contributed by atoms with Crippen molar-refractivity contribution in [2.75, 3.05) is 19.8 Å². The molecule has 2 aliphatic rings. The Bertz CT molecular complexity index is 419. The summed E-state index contributed by atoms with van der Waals surface area (Å²) in [5.74, 6) is 0.882. The molecular formula is C18H26O4. The van der Waals surface area contributed by atoms with Gasteiger partial charge in [0.15, 0.2) is 12.6 Å². The average molecular weight is 306 g/mol. The Morgan fingerprint density at radius 3 is 2.18 bits per heavy atom. The van der Waals surface area contributed by atoms with Gasteiger partial charge >= 0.3 is 0 Å². The summed E-state index contributed by atoms with van der Waals surface area (Å²) in [5.41, 5.74) is 1.26. The van der Waals surface area contributed by atoms with E-state index < -0.39 is 0 Å². The molecule has 22 heavy (non-hydrogen) atoms. The summed E-state index contributed by atoms with van der Waals surface area (Å²) in [4.78, 5) is 0. The van der Waals surface area contributed by atoms with Crippen molar-refractivity contribution >= 4 is 0 Å². The summed E-state index contributed by atoms with van der Waals surface area (Å²) >= 11 is 0. The third-order valence-electron chi connectivity index (χ3n) is 4.16. The lowest BCUT2D eigenvalue weighted by atomic mass is 10.1. The van der Waals surface area contributed by atoms with Crippen LogP contribution in [0.3, 0.4) is 0 Å². The van der Waals surface area contributed by atoms with E-state index in [0.717, 1.165) is 51.1 Å². The van der Waals surface area contributed by atoms with Crippen molar-refractivity contribution < 1.29 is 18.9 Å². The lowest BCUT2D eigenvalue weighted by molar-refractivity contribution is -0.161. The summed E-state index contributed by atoms with van der Waals surface area (Å²) in [6, 6.07) is 8.24. The van der Waals surface area contributed by atoms with Crippen LogP contribution in [0, 0.1) is 0 Å². The molecule has 2 atom stereocenters. The van der Waals surface area contributed by atoms with Crippen molar-refractivity contribution in [1.29, 1.82) is 0 Å². The summed E-state index contributed by atoms with van der Waals surface area (Å²) < 4.78 is 22.8. The minimum atomic E-state index is -0.0774. The van der Waals surface area contributed by atoms with E-state index in [1.165, 1.54) is 18.4 Å². The van der Waals surface area contributed by atoms with Crippen LogP contribution in [0.15, 0.2) is 24.3 Å². The molecule has 0 spiro atoms. The minimum absolute atomic E-state index is 0.000179. The predicted molar refractivity (Wildman–Crippen MR) is 83.9 cm³/mol. The van der Waals surface area contributed by atoms with E-state index in [1.807, 2.05) is 12.1 Å². The van der Waals surface area contributed by atoms with Gasteiger partial charge in [-0.15, -0.1) is 0 Å². The van der Waals surface area contributed by atoms with Gasteiger partial charge in [-0.25, -0.2) is 0 Å². The number of rotatable bonds is 6. The fourth-order valence-corrected chi connectivity index (χ4v) is 2.84. The van der Waals surface area contributed by atoms with Crippen molar-refractivity contribution in [2.45, 2.75) is 57.5 Å². The van der Waals surface area contributed by atoms with Crippen molar-refractivity contribution in [1.82, 2.24) is 0 Å². The molecular weight excluding hydrogens is 280 g/mol. The summed E-state index contributed by atoms with van der Waals surface area (Å²) in [6.07, 6.45) is 7.52. The Morgan fingerprint density at radius 1 is 0.864 bits per heavy atom. The molecule has 4 nitrogen and oxygen atoms in total. The quantitative estimate of drug-likeness (QED) is 0.803. The van der Waals surface area contributed by atoms with Crippen LogP contribution >= 0.6 is 0 Å². The molecule has 4 heteroatoms. The molecule has 2 heterocycles. The predicted octanol–water partition coefficient (Wildman–Crippen LogP) is 3.68. The third kappa shape index (κ3) is 4.97. The maximum Gasteiger partial charge on any atom is 0.199 e. The lowest BCUT2D eigenvalue weighted by Crippen LogP contribution is -2.24. The van der Waals surface area contributed by atoms with Crippen LogP contribution in [0.25, 0.3) is 0 Å². The van der Waals surface area contributed by atoms with Crippen molar-refractivity contribution in [3.8, 4) is 5.75 Å². The van der Waals surface area contributed by atoms with E-state index >= 15 is 0 Å². The highest BCUT2D eigenvalue weighted by molar-refractivity contribution is 5.27. The van der Waals surface area contributed by atoms with Crippen LogP contribution < -0.4 is 4.74 Å². The molecule has 2 saturated heterocycles. The molecule has 2 aliphatic heterocycles. The molecule has 3 rings (SSSR count). The third-order valence-corrected chi connectivity index (χ3v) is 4.16. The molecule has 0 bridgehead atoms. The van der Waals surface area contributed by atoms with E-state index in [1.54, 1.807) is 0 Å². The molecule has 0 amide bonds. The fraction of sp³-hybridized carbons (Fsp3) is 0.667. The zero-order chi connectivity index (χ0) is 15.0. The first-order valence-electron chi connectivity index (χ1n) is 8.50. The topological polar surface area (TPSA) is 36.9 Å². The van der Waals surface area contributed by atoms with Crippen LogP contribution in [0.5, 0.6) is 5.75 Å². The molecule has 1 aromatic carbocycles. The van der Waals surface area contributed by atoms with E-state index in [9.17, 15) is 0 Å². The highest BCUT2D eigenvalue weighted by atomic mass is 16.7. The summed E-state index contributed by atoms with van der Waals surface area (Å²) in [5, 5.41) is 0. The average Bonchev–Trinajstić information content (AvgIpc) is 2.58. The molecule has 0 aliphatic carbocycles. The normalized spacial score (nSPS) is 25.8. The number of hydrogen-bond donors (Lipinski definition) is 0. The lowest BCUT2D eigenvalue weighted by Gasteiger charge is -2.23. The second-order valence-corrected chi connectivity index (χ2v) is 5.97. The molecule has 2 fully saturated rings. The van der Waals surface area contributed by atoms with Crippen LogP contribution in [0.1, 0.15) is 44.1 Å². The first-order valence-corrected chi connectivity index (χ1v) is 8.50. The fourth-order valence-electron chi connectivity index (χ4n) is 2.84. The SMILES string of the molecule is c1cc(OC2CCCCO2)ccc1CCOC1CCCCO1. The monoisotopic (exact) mass is 306 g/mol. The maximum absolute atomic E-state index is 5.84. The van der Waals surface area contributed by atoms with Gasteiger partial charge in [0.25, 0.3) is 0 Å². The van der Waals surface area contributed by atoms with Crippen molar-refractivity contribution in [3.05, 3.63) is 29.8 Å². The Balaban J connectivity index is 1.39. The Hall–Kier alpha value is -1.10. The van der Waals surface area contributed by atoms with Gasteiger partial charge in [0.1, 0.15) is 5.75 Å². The number of hydrogen-bond acceptors (Lipinski definition) is 4. The molecule has 0 saturated carbocycles. The van der Waals surface area contributed by atoms with Crippen molar-refractivity contribution in [2.24, 2.45) is 0 Å². The van der Waals surface area contributed by atoms with E-state index in [2.05, 4.69) is 12.1 Å². The van der Waals surface area contributed by atoms with Gasteiger partial charge in [0, 0.05) is 13.0 Å². The van der Waals surface area contributed by atoms with Gasteiger partial charge in [-0.2, -0.15) is 0 Å². The van der Waals surface area contributed by atoms with E-state index in [4.69, 9.17) is 18.9 Å². The smallest absolute Gasteiger partial charge is 0.199 e. The highest BCUT2D eigenvalue weighted by Gasteiger charge is 2.15. The van der Waals surface area contributed by atoms with Gasteiger partial charge in [-0.3, -0.25) is 0 Å². The zero-order valence-electron chi connectivity index (χ0n) is 13.2. The van der Waals surface area contributed by atoms with Gasteiger partial charge < -0.3 is 18.9 Å². The highest BCUT2D eigenvalue weighted by Crippen LogP contribution is 2.20. The second kappa shape index (κ2) is 8.51. The molecule has 0 radical (unpaired) electrons. The Morgan fingerprint density at radius 2 is 1.55 bits per heavy atom. The number of benzene rings is 1. The van der Waals surface area contributed by atoms with Crippen LogP contribution in [-0.4, -0.2) is 32.4 Å². The minimum Gasteiger partial charge on any atom is -0.465 e. The second-order valence-electron chi connectivity index (χ2n) is 5.97. The summed E-state index contributed by atoms with van der Waals surface area (Å²) in [6.45, 7) is 2.35. The Labute approximate surface area is 132 Å². The van der Waals surface area contributed by atoms with E-state index in [-0.39, 0.29) is 12.6 Å². The van der Waals surface area contributed by atoms with E-state index in [0.29, 0.717) is 6.61 Å². The first kappa shape index (κ1) is 15.8. The molecule has 0 aromatic heterocycles. The molecule has 0 N–H and O–H groups in total.